The molecule has 0 aliphatic carbocycles. The van der Waals surface area contributed by atoms with E-state index in [0.717, 1.165) is 11.3 Å². The molecule has 0 aromatic heterocycles. The Bertz CT molecular complexity index is 757. The lowest BCUT2D eigenvalue weighted by Gasteiger charge is -2.26. The van der Waals surface area contributed by atoms with Gasteiger partial charge in [-0.25, -0.2) is 4.79 Å². The van der Waals surface area contributed by atoms with Crippen LogP contribution in [0.3, 0.4) is 0 Å². The molecule has 1 atom stereocenters. The molecule has 0 heterocycles. The van der Waals surface area contributed by atoms with E-state index < -0.39 is 0 Å². The fourth-order valence-electron chi connectivity index (χ4n) is 2.67. The van der Waals surface area contributed by atoms with Gasteiger partial charge in [0.25, 0.3) is 0 Å². The minimum absolute atomic E-state index is 0.00775. The van der Waals surface area contributed by atoms with Crippen molar-refractivity contribution >= 4 is 17.5 Å². The predicted molar refractivity (Wildman–Crippen MR) is 103 cm³/mol. The van der Waals surface area contributed by atoms with Crippen LogP contribution in [0.15, 0.2) is 48.5 Å². The van der Waals surface area contributed by atoms with Gasteiger partial charge < -0.3 is 20.3 Å². The molecule has 0 bridgehead atoms. The Morgan fingerprint density at radius 2 is 1.73 bits per heavy atom. The highest BCUT2D eigenvalue weighted by molar-refractivity contribution is 5.95. The highest BCUT2D eigenvalue weighted by atomic mass is 16.5. The molecule has 0 saturated carbocycles. The standard InChI is InChI=1S/C20H25N3O3/c1-14(24)15-9-11-16(12-10-15)22-20(25)21-13-18(23(2)3)17-7-5-6-8-19(17)26-4/h5-12,18H,13H2,1-4H3,(H2,21,22,25). The van der Waals surface area contributed by atoms with E-state index in [-0.39, 0.29) is 17.9 Å². The average Bonchev–Trinajstić information content (AvgIpc) is 2.62. The number of urea groups is 1. The van der Waals surface area contributed by atoms with E-state index in [0.29, 0.717) is 17.8 Å². The molecule has 0 saturated heterocycles. The predicted octanol–water partition coefficient (Wildman–Crippen LogP) is 3.32. The van der Waals surface area contributed by atoms with Gasteiger partial charge in [0.2, 0.25) is 0 Å². The molecule has 2 rings (SSSR count). The van der Waals surface area contributed by atoms with Gasteiger partial charge in [-0.05, 0) is 51.4 Å². The highest BCUT2D eigenvalue weighted by Gasteiger charge is 2.19. The van der Waals surface area contributed by atoms with E-state index in [2.05, 4.69) is 10.6 Å². The maximum absolute atomic E-state index is 12.2. The summed E-state index contributed by atoms with van der Waals surface area (Å²) in [5.41, 5.74) is 2.25. The molecule has 6 nitrogen and oxygen atoms in total. The second kappa shape index (κ2) is 9.01. The first-order valence-corrected chi connectivity index (χ1v) is 8.37. The number of ketones is 1. The Morgan fingerprint density at radius 3 is 2.31 bits per heavy atom. The van der Waals surface area contributed by atoms with Gasteiger partial charge >= 0.3 is 6.03 Å². The molecule has 0 radical (unpaired) electrons. The van der Waals surface area contributed by atoms with Gasteiger partial charge in [-0.3, -0.25) is 4.79 Å². The van der Waals surface area contributed by atoms with Gasteiger partial charge in [-0.1, -0.05) is 18.2 Å². The van der Waals surface area contributed by atoms with Crippen molar-refractivity contribution in [1.29, 1.82) is 0 Å². The molecule has 2 aromatic carbocycles. The van der Waals surface area contributed by atoms with Crippen molar-refractivity contribution in [2.45, 2.75) is 13.0 Å². The molecule has 0 fully saturated rings. The number of carbonyl (C=O) groups excluding carboxylic acids is 2. The van der Waals surface area contributed by atoms with E-state index in [4.69, 9.17) is 4.74 Å². The minimum atomic E-state index is -0.303. The zero-order valence-corrected chi connectivity index (χ0v) is 15.6. The number of amides is 2. The number of rotatable bonds is 7. The number of nitrogens with zero attached hydrogens (tertiary/aromatic N) is 1. The summed E-state index contributed by atoms with van der Waals surface area (Å²) in [6, 6.07) is 14.2. The van der Waals surface area contributed by atoms with Crippen molar-refractivity contribution in [2.75, 3.05) is 33.1 Å². The summed E-state index contributed by atoms with van der Waals surface area (Å²) < 4.78 is 5.43. The summed E-state index contributed by atoms with van der Waals surface area (Å²) in [7, 11) is 5.55. The molecule has 26 heavy (non-hydrogen) atoms. The van der Waals surface area contributed by atoms with E-state index >= 15 is 0 Å². The molecular formula is C20H25N3O3. The topological polar surface area (TPSA) is 70.7 Å². The third-order valence-electron chi connectivity index (χ3n) is 4.13. The largest absolute Gasteiger partial charge is 0.496 e. The molecule has 6 heteroatoms. The molecule has 0 aliphatic rings. The molecule has 2 aromatic rings. The second-order valence-electron chi connectivity index (χ2n) is 6.19. The summed E-state index contributed by atoms with van der Waals surface area (Å²) in [6.07, 6.45) is 0. The Hall–Kier alpha value is -2.86. The molecule has 2 N–H and O–H groups in total. The molecule has 0 spiro atoms. The van der Waals surface area contributed by atoms with Crippen molar-refractivity contribution in [3.05, 3.63) is 59.7 Å². The molecule has 2 amide bonds. The number of ether oxygens (including phenoxy) is 1. The quantitative estimate of drug-likeness (QED) is 0.748. The number of hydrogen-bond donors (Lipinski definition) is 2. The maximum atomic E-state index is 12.2. The fraction of sp³-hybridized carbons (Fsp3) is 0.300. The van der Waals surface area contributed by atoms with Crippen molar-refractivity contribution in [1.82, 2.24) is 10.2 Å². The highest BCUT2D eigenvalue weighted by Crippen LogP contribution is 2.27. The van der Waals surface area contributed by atoms with Gasteiger partial charge in [0.15, 0.2) is 5.78 Å². The van der Waals surface area contributed by atoms with E-state index in [1.165, 1.54) is 6.92 Å². The SMILES string of the molecule is COc1ccccc1C(CNC(=O)Nc1ccc(C(C)=O)cc1)N(C)C. The molecule has 1 unspecified atom stereocenters. The molecule has 138 valence electrons. The first kappa shape index (κ1) is 19.5. The second-order valence-corrected chi connectivity index (χ2v) is 6.19. The van der Waals surface area contributed by atoms with Crippen LogP contribution in [-0.2, 0) is 0 Å². The van der Waals surface area contributed by atoms with E-state index in [1.807, 2.05) is 43.3 Å². The fourth-order valence-corrected chi connectivity index (χ4v) is 2.67. The van der Waals surface area contributed by atoms with Crippen LogP contribution in [0.4, 0.5) is 10.5 Å². The summed E-state index contributed by atoms with van der Waals surface area (Å²) in [5.74, 6) is 0.778. The van der Waals surface area contributed by atoms with Crippen molar-refractivity contribution in [3.8, 4) is 5.75 Å². The molecule has 0 aliphatic heterocycles. The van der Waals surface area contributed by atoms with Crippen LogP contribution in [0, 0.1) is 0 Å². The average molecular weight is 355 g/mol. The van der Waals surface area contributed by atoms with Crippen LogP contribution >= 0.6 is 0 Å². The summed E-state index contributed by atoms with van der Waals surface area (Å²) in [6.45, 7) is 1.93. The Morgan fingerprint density at radius 1 is 1.08 bits per heavy atom. The lowest BCUT2D eigenvalue weighted by molar-refractivity contribution is 0.101. The number of para-hydroxylation sites is 1. The van der Waals surface area contributed by atoms with E-state index in [9.17, 15) is 9.59 Å². The maximum Gasteiger partial charge on any atom is 0.319 e. The number of likely N-dealkylation sites (N-methyl/N-ethyl adjacent to an activating group) is 1. The number of hydrogen-bond acceptors (Lipinski definition) is 4. The van der Waals surface area contributed by atoms with Gasteiger partial charge in [-0.2, -0.15) is 0 Å². The Kier molecular flexibility index (Phi) is 6.74. The third-order valence-corrected chi connectivity index (χ3v) is 4.13. The van der Waals surface area contributed by atoms with Crippen LogP contribution < -0.4 is 15.4 Å². The van der Waals surface area contributed by atoms with Gasteiger partial charge in [0, 0.05) is 23.4 Å². The minimum Gasteiger partial charge on any atom is -0.496 e. The van der Waals surface area contributed by atoms with Crippen LogP contribution in [0.5, 0.6) is 5.75 Å². The number of methoxy groups -OCH3 is 1. The van der Waals surface area contributed by atoms with Crippen molar-refractivity contribution < 1.29 is 14.3 Å². The third kappa shape index (κ3) is 5.07. The van der Waals surface area contributed by atoms with Gasteiger partial charge in [-0.15, -0.1) is 0 Å². The monoisotopic (exact) mass is 355 g/mol. The van der Waals surface area contributed by atoms with Gasteiger partial charge in [0.1, 0.15) is 5.75 Å². The van der Waals surface area contributed by atoms with Crippen molar-refractivity contribution in [3.63, 3.8) is 0 Å². The van der Waals surface area contributed by atoms with Crippen LogP contribution in [0.2, 0.25) is 0 Å². The lowest BCUT2D eigenvalue weighted by Crippen LogP contribution is -2.37. The number of Topliss-reactive ketones (excluding diaryl/α,β-unsaturated/α-hetero) is 1. The summed E-state index contributed by atoms with van der Waals surface area (Å²) >= 11 is 0. The van der Waals surface area contributed by atoms with E-state index in [1.54, 1.807) is 31.4 Å². The lowest BCUT2D eigenvalue weighted by atomic mass is 10.0. The van der Waals surface area contributed by atoms with Crippen LogP contribution in [0.1, 0.15) is 28.9 Å². The number of benzene rings is 2. The zero-order chi connectivity index (χ0) is 19.1. The summed E-state index contributed by atoms with van der Waals surface area (Å²) in [4.78, 5) is 25.5. The first-order valence-electron chi connectivity index (χ1n) is 8.37. The number of nitrogens with one attached hydrogen (secondary N) is 2. The van der Waals surface area contributed by atoms with Gasteiger partial charge in [0.05, 0.1) is 13.2 Å². The Balaban J connectivity index is 2.00. The summed E-state index contributed by atoms with van der Waals surface area (Å²) in [5, 5.41) is 5.66. The normalized spacial score (nSPS) is 11.7. The number of carbonyl (C=O) groups is 2. The van der Waals surface area contributed by atoms with Crippen molar-refractivity contribution in [2.24, 2.45) is 0 Å². The number of anilines is 1. The zero-order valence-electron chi connectivity index (χ0n) is 15.6. The van der Waals surface area contributed by atoms with Crippen LogP contribution in [0.25, 0.3) is 0 Å². The molecular weight excluding hydrogens is 330 g/mol. The first-order chi connectivity index (χ1) is 12.4. The van der Waals surface area contributed by atoms with Crippen LogP contribution in [-0.4, -0.2) is 44.5 Å². The Labute approximate surface area is 154 Å². The smallest absolute Gasteiger partial charge is 0.319 e.